The molecule has 4 rings (SSSR count). The van der Waals surface area contributed by atoms with E-state index in [0.29, 0.717) is 6.10 Å². The standard InChI is InChI=1S/C15H24OS/c1-14-7-10(14)3-4-11(8-14)17-12-5-6-13-15(2,9-12)16-13/h10-13H,3-9H2,1-2H3. The molecule has 6 atom stereocenters. The smallest absolute Gasteiger partial charge is 0.0931 e. The minimum absolute atomic E-state index is 0.288. The van der Waals surface area contributed by atoms with E-state index in [1.165, 1.54) is 44.9 Å². The molecule has 1 aliphatic heterocycles. The van der Waals surface area contributed by atoms with Gasteiger partial charge in [0, 0.05) is 10.5 Å². The van der Waals surface area contributed by atoms with Crippen molar-refractivity contribution < 1.29 is 4.74 Å². The summed E-state index contributed by atoms with van der Waals surface area (Å²) in [5.41, 5.74) is 1.05. The van der Waals surface area contributed by atoms with Gasteiger partial charge in [0.05, 0.1) is 11.7 Å². The summed E-state index contributed by atoms with van der Waals surface area (Å²) in [6.07, 6.45) is 10.7. The Balaban J connectivity index is 1.35. The molecule has 0 spiro atoms. The fourth-order valence-electron chi connectivity index (χ4n) is 4.44. The van der Waals surface area contributed by atoms with Crippen LogP contribution in [0.4, 0.5) is 0 Å². The van der Waals surface area contributed by atoms with E-state index in [0.717, 1.165) is 21.8 Å². The van der Waals surface area contributed by atoms with E-state index in [1.807, 2.05) is 0 Å². The van der Waals surface area contributed by atoms with Crippen LogP contribution in [0.1, 0.15) is 58.8 Å². The molecule has 1 nitrogen and oxygen atoms in total. The molecule has 4 fully saturated rings. The first kappa shape index (κ1) is 11.2. The molecule has 17 heavy (non-hydrogen) atoms. The van der Waals surface area contributed by atoms with E-state index in [2.05, 4.69) is 25.6 Å². The molecule has 0 radical (unpaired) electrons. The van der Waals surface area contributed by atoms with Crippen molar-refractivity contribution in [3.05, 3.63) is 0 Å². The highest BCUT2D eigenvalue weighted by molar-refractivity contribution is 8.00. The Kier molecular flexibility index (Phi) is 2.26. The molecule has 1 heterocycles. The zero-order chi connectivity index (χ0) is 11.7. The summed E-state index contributed by atoms with van der Waals surface area (Å²) in [6, 6.07) is 0. The first-order valence-electron chi connectivity index (χ1n) is 7.41. The maximum absolute atomic E-state index is 5.82. The molecule has 6 unspecified atom stereocenters. The maximum Gasteiger partial charge on any atom is 0.0931 e. The molecular weight excluding hydrogens is 228 g/mol. The van der Waals surface area contributed by atoms with E-state index in [9.17, 15) is 0 Å². The van der Waals surface area contributed by atoms with Crippen molar-refractivity contribution in [3.8, 4) is 0 Å². The molecule has 0 aromatic carbocycles. The zero-order valence-electron chi connectivity index (χ0n) is 11.1. The predicted octanol–water partition coefficient (Wildman–Crippen LogP) is 4.01. The van der Waals surface area contributed by atoms with Gasteiger partial charge in [-0.1, -0.05) is 6.92 Å². The summed E-state index contributed by atoms with van der Waals surface area (Å²) in [5, 5.41) is 1.85. The summed E-state index contributed by atoms with van der Waals surface area (Å²) in [6.45, 7) is 4.84. The largest absolute Gasteiger partial charge is 0.366 e. The fraction of sp³-hybridized carbons (Fsp3) is 1.00. The second-order valence-electron chi connectivity index (χ2n) is 7.42. The molecule has 1 saturated heterocycles. The van der Waals surface area contributed by atoms with Crippen LogP contribution >= 0.6 is 11.8 Å². The van der Waals surface area contributed by atoms with Gasteiger partial charge in [0.2, 0.25) is 0 Å². The number of fused-ring (bicyclic) bond motifs is 2. The van der Waals surface area contributed by atoms with Gasteiger partial charge in [-0.25, -0.2) is 0 Å². The average molecular weight is 252 g/mol. The number of ether oxygens (including phenoxy) is 1. The van der Waals surface area contributed by atoms with Gasteiger partial charge in [0.1, 0.15) is 0 Å². The normalized spacial score (nSPS) is 60.4. The Labute approximate surface area is 109 Å². The molecule has 96 valence electrons. The van der Waals surface area contributed by atoms with E-state index in [1.54, 1.807) is 0 Å². The third-order valence-corrected chi connectivity index (χ3v) is 7.45. The van der Waals surface area contributed by atoms with Crippen molar-refractivity contribution in [1.82, 2.24) is 0 Å². The molecule has 3 aliphatic carbocycles. The number of rotatable bonds is 2. The third-order valence-electron chi connectivity index (χ3n) is 5.87. The van der Waals surface area contributed by atoms with Crippen LogP contribution in [0.25, 0.3) is 0 Å². The highest BCUT2D eigenvalue weighted by atomic mass is 32.2. The van der Waals surface area contributed by atoms with Crippen molar-refractivity contribution in [2.24, 2.45) is 11.3 Å². The summed E-state index contributed by atoms with van der Waals surface area (Å²) in [4.78, 5) is 0. The first-order valence-corrected chi connectivity index (χ1v) is 8.35. The lowest BCUT2D eigenvalue weighted by Gasteiger charge is -2.31. The minimum Gasteiger partial charge on any atom is -0.366 e. The summed E-state index contributed by atoms with van der Waals surface area (Å²) < 4.78 is 5.82. The fourth-order valence-corrected chi connectivity index (χ4v) is 6.44. The van der Waals surface area contributed by atoms with Gasteiger partial charge < -0.3 is 4.74 Å². The third kappa shape index (κ3) is 1.87. The lowest BCUT2D eigenvalue weighted by Crippen LogP contribution is -2.27. The van der Waals surface area contributed by atoms with Crippen LogP contribution in [0.15, 0.2) is 0 Å². The molecule has 0 aromatic heterocycles. The Bertz CT molecular complexity index is 312. The van der Waals surface area contributed by atoms with Crippen LogP contribution < -0.4 is 0 Å². The maximum atomic E-state index is 5.82. The van der Waals surface area contributed by atoms with E-state index in [-0.39, 0.29) is 5.60 Å². The van der Waals surface area contributed by atoms with Gasteiger partial charge >= 0.3 is 0 Å². The van der Waals surface area contributed by atoms with Crippen molar-refractivity contribution in [2.75, 3.05) is 0 Å². The Morgan fingerprint density at radius 1 is 0.941 bits per heavy atom. The van der Waals surface area contributed by atoms with Gasteiger partial charge in [-0.05, 0) is 63.2 Å². The van der Waals surface area contributed by atoms with E-state index >= 15 is 0 Å². The van der Waals surface area contributed by atoms with Crippen molar-refractivity contribution in [1.29, 1.82) is 0 Å². The quantitative estimate of drug-likeness (QED) is 0.689. The van der Waals surface area contributed by atoms with Gasteiger partial charge in [0.15, 0.2) is 0 Å². The summed E-state index contributed by atoms with van der Waals surface area (Å²) >= 11 is 2.32. The average Bonchev–Trinajstić information content (AvgIpc) is 3.10. The van der Waals surface area contributed by atoms with Gasteiger partial charge in [0.25, 0.3) is 0 Å². The first-order chi connectivity index (χ1) is 8.07. The lowest BCUT2D eigenvalue weighted by atomic mass is 9.89. The second-order valence-corrected chi connectivity index (χ2v) is 9.02. The molecule has 0 amide bonds. The molecule has 0 N–H and O–H groups in total. The number of hydrogen-bond acceptors (Lipinski definition) is 2. The van der Waals surface area contributed by atoms with Crippen LogP contribution in [-0.4, -0.2) is 22.2 Å². The molecule has 4 aliphatic rings. The minimum atomic E-state index is 0.288. The van der Waals surface area contributed by atoms with Crippen LogP contribution in [0.5, 0.6) is 0 Å². The molecule has 3 saturated carbocycles. The van der Waals surface area contributed by atoms with Crippen molar-refractivity contribution in [2.45, 2.75) is 81.0 Å². The number of epoxide rings is 1. The van der Waals surface area contributed by atoms with E-state index < -0.39 is 0 Å². The second kappa shape index (κ2) is 3.45. The summed E-state index contributed by atoms with van der Waals surface area (Å²) in [5.74, 6) is 1.10. The van der Waals surface area contributed by atoms with E-state index in [4.69, 9.17) is 4.74 Å². The Morgan fingerprint density at radius 2 is 1.71 bits per heavy atom. The number of thioether (sulfide) groups is 1. The van der Waals surface area contributed by atoms with Gasteiger partial charge in [-0.15, -0.1) is 0 Å². The SMILES string of the molecule is CC12CC(SC3CCC4OC4(C)C3)CCC1C2. The van der Waals surface area contributed by atoms with Crippen LogP contribution in [0.2, 0.25) is 0 Å². The van der Waals surface area contributed by atoms with Crippen LogP contribution in [0, 0.1) is 11.3 Å². The molecular formula is C15H24OS. The Hall–Kier alpha value is 0.310. The van der Waals surface area contributed by atoms with Crippen LogP contribution in [-0.2, 0) is 4.74 Å². The lowest BCUT2D eigenvalue weighted by molar-refractivity contribution is 0.305. The number of hydrogen-bond donors (Lipinski definition) is 0. The topological polar surface area (TPSA) is 12.5 Å². The monoisotopic (exact) mass is 252 g/mol. The van der Waals surface area contributed by atoms with Crippen LogP contribution in [0.3, 0.4) is 0 Å². The van der Waals surface area contributed by atoms with Crippen molar-refractivity contribution in [3.63, 3.8) is 0 Å². The molecule has 0 bridgehead atoms. The summed E-state index contributed by atoms with van der Waals surface area (Å²) in [7, 11) is 0. The molecule has 2 heteroatoms. The zero-order valence-corrected chi connectivity index (χ0v) is 11.9. The van der Waals surface area contributed by atoms with Crippen molar-refractivity contribution >= 4 is 11.8 Å². The molecule has 0 aromatic rings. The van der Waals surface area contributed by atoms with Gasteiger partial charge in [-0.3, -0.25) is 0 Å². The highest BCUT2D eigenvalue weighted by Crippen LogP contribution is 2.63. The Morgan fingerprint density at radius 3 is 2.47 bits per heavy atom. The predicted molar refractivity (Wildman–Crippen MR) is 72.4 cm³/mol. The van der Waals surface area contributed by atoms with Gasteiger partial charge in [-0.2, -0.15) is 11.8 Å². The highest BCUT2D eigenvalue weighted by Gasteiger charge is 2.57.